The van der Waals surface area contributed by atoms with E-state index in [-0.39, 0.29) is 12.6 Å². The molecule has 0 heterocycles. The van der Waals surface area contributed by atoms with Gasteiger partial charge in [-0.3, -0.25) is 0 Å². The van der Waals surface area contributed by atoms with Gasteiger partial charge in [-0.1, -0.05) is 30.3 Å². The molecule has 1 amide bonds. The van der Waals surface area contributed by atoms with Crippen LogP contribution in [0.4, 0.5) is 9.59 Å². The third-order valence-electron chi connectivity index (χ3n) is 2.95. The predicted molar refractivity (Wildman–Crippen MR) is 104 cm³/mol. The first-order valence-electron chi connectivity index (χ1n) is 7.81. The summed E-state index contributed by atoms with van der Waals surface area (Å²) < 4.78 is 15.4. The summed E-state index contributed by atoms with van der Waals surface area (Å²) in [5, 5.41) is 2.87. The Bertz CT molecular complexity index is 595. The highest BCUT2D eigenvalue weighted by Crippen LogP contribution is 2.18. The highest BCUT2D eigenvalue weighted by atomic mass is 127. The Balaban J connectivity index is 2.81. The highest BCUT2D eigenvalue weighted by molar-refractivity contribution is 14.1. The Morgan fingerprint density at radius 3 is 2.44 bits per heavy atom. The molecule has 0 spiro atoms. The van der Waals surface area contributed by atoms with Gasteiger partial charge in [-0.15, -0.1) is 0 Å². The maximum Gasteiger partial charge on any atom is 0.508 e. The average Bonchev–Trinajstić information content (AvgIpc) is 2.53. The van der Waals surface area contributed by atoms with E-state index >= 15 is 0 Å². The maximum absolute atomic E-state index is 12.1. The normalized spacial score (nSPS) is 12.9. The summed E-state index contributed by atoms with van der Waals surface area (Å²) in [6.45, 7) is 5.49. The molecule has 0 aliphatic heterocycles. The molecule has 1 aromatic carbocycles. The zero-order valence-electron chi connectivity index (χ0n) is 14.9. The lowest BCUT2D eigenvalue weighted by Crippen LogP contribution is -2.40. The van der Waals surface area contributed by atoms with Gasteiger partial charge in [0.1, 0.15) is 12.2 Å². The van der Waals surface area contributed by atoms with E-state index in [1.807, 2.05) is 51.1 Å². The molecule has 0 fully saturated rings. The first-order chi connectivity index (χ1) is 11.7. The molecule has 0 aliphatic rings. The molecule has 1 atom stereocenters. The van der Waals surface area contributed by atoms with Crippen molar-refractivity contribution < 1.29 is 23.8 Å². The molecule has 0 saturated carbocycles. The summed E-state index contributed by atoms with van der Waals surface area (Å²) in [5.74, 6) is 0. The molecule has 1 N–H and O–H groups in total. The van der Waals surface area contributed by atoms with Crippen LogP contribution in [-0.4, -0.2) is 37.6 Å². The average molecular weight is 461 g/mol. The SMILES string of the molecule is COC(=O)OC/C=C(\I)[C@H](Cc1ccccc1)NC(=O)OC(C)(C)C. The van der Waals surface area contributed by atoms with Crippen molar-refractivity contribution in [3.63, 3.8) is 0 Å². The Morgan fingerprint density at radius 1 is 1.24 bits per heavy atom. The lowest BCUT2D eigenvalue weighted by Gasteiger charge is -2.24. The predicted octanol–water partition coefficient (Wildman–Crippen LogP) is 4.22. The largest absolute Gasteiger partial charge is 0.508 e. The summed E-state index contributed by atoms with van der Waals surface area (Å²) in [6, 6.07) is 9.49. The molecule has 6 nitrogen and oxygen atoms in total. The van der Waals surface area contributed by atoms with Crippen molar-refractivity contribution in [1.29, 1.82) is 0 Å². The quantitative estimate of drug-likeness (QED) is 0.507. The van der Waals surface area contributed by atoms with Gasteiger partial charge in [-0.25, -0.2) is 9.59 Å². The van der Waals surface area contributed by atoms with Crippen LogP contribution in [0.15, 0.2) is 40.0 Å². The Hall–Kier alpha value is -1.77. The van der Waals surface area contributed by atoms with Crippen LogP contribution in [0.1, 0.15) is 26.3 Å². The van der Waals surface area contributed by atoms with Gasteiger partial charge in [0.25, 0.3) is 0 Å². The van der Waals surface area contributed by atoms with Gasteiger partial charge in [0.05, 0.1) is 13.2 Å². The molecule has 138 valence electrons. The highest BCUT2D eigenvalue weighted by Gasteiger charge is 2.21. The molecule has 1 aromatic rings. The first-order valence-corrected chi connectivity index (χ1v) is 8.89. The minimum absolute atomic E-state index is 0.0617. The van der Waals surface area contributed by atoms with Crippen LogP contribution in [0, 0.1) is 0 Å². The fourth-order valence-electron chi connectivity index (χ4n) is 1.91. The second-order valence-corrected chi connectivity index (χ2v) is 7.49. The number of halogens is 1. The Morgan fingerprint density at radius 2 is 1.88 bits per heavy atom. The van der Waals surface area contributed by atoms with Gasteiger partial charge < -0.3 is 19.5 Å². The van der Waals surface area contributed by atoms with Crippen molar-refractivity contribution >= 4 is 34.8 Å². The molecule has 1 rings (SSSR count). The number of hydrogen-bond acceptors (Lipinski definition) is 5. The molecular weight excluding hydrogens is 437 g/mol. The molecule has 0 saturated heterocycles. The van der Waals surface area contributed by atoms with E-state index in [1.165, 1.54) is 7.11 Å². The van der Waals surface area contributed by atoms with Gasteiger partial charge in [0, 0.05) is 3.58 Å². The topological polar surface area (TPSA) is 73.9 Å². The number of methoxy groups -OCH3 is 1. The molecule has 25 heavy (non-hydrogen) atoms. The molecule has 0 bridgehead atoms. The summed E-state index contributed by atoms with van der Waals surface area (Å²) in [4.78, 5) is 23.1. The van der Waals surface area contributed by atoms with Crippen LogP contribution < -0.4 is 5.32 Å². The fourth-order valence-corrected chi connectivity index (χ4v) is 2.46. The number of rotatable bonds is 6. The van der Waals surface area contributed by atoms with Crippen molar-refractivity contribution in [3.05, 3.63) is 45.6 Å². The number of amides is 1. The van der Waals surface area contributed by atoms with E-state index in [9.17, 15) is 9.59 Å². The smallest absolute Gasteiger partial charge is 0.444 e. The Labute approximate surface area is 162 Å². The van der Waals surface area contributed by atoms with Crippen molar-refractivity contribution in [2.75, 3.05) is 13.7 Å². The number of alkyl carbamates (subject to hydrolysis) is 1. The van der Waals surface area contributed by atoms with Crippen molar-refractivity contribution in [2.45, 2.75) is 38.8 Å². The number of nitrogens with one attached hydrogen (secondary N) is 1. The number of benzene rings is 1. The number of carbonyl (C=O) groups is 2. The van der Waals surface area contributed by atoms with Crippen LogP contribution in [0.2, 0.25) is 0 Å². The zero-order chi connectivity index (χ0) is 18.9. The summed E-state index contributed by atoms with van der Waals surface area (Å²) >= 11 is 2.12. The van der Waals surface area contributed by atoms with E-state index in [0.29, 0.717) is 6.42 Å². The number of hydrogen-bond donors (Lipinski definition) is 1. The van der Waals surface area contributed by atoms with Crippen LogP contribution in [-0.2, 0) is 20.6 Å². The van der Waals surface area contributed by atoms with Gasteiger partial charge in [0.2, 0.25) is 0 Å². The maximum atomic E-state index is 12.1. The minimum Gasteiger partial charge on any atom is -0.444 e. The van der Waals surface area contributed by atoms with Gasteiger partial charge in [0.15, 0.2) is 0 Å². The van der Waals surface area contributed by atoms with Gasteiger partial charge in [-0.05, 0) is 61.4 Å². The van der Waals surface area contributed by atoms with E-state index in [2.05, 4.69) is 32.6 Å². The number of ether oxygens (including phenoxy) is 3. The van der Waals surface area contributed by atoms with Crippen molar-refractivity contribution in [2.24, 2.45) is 0 Å². The number of carbonyl (C=O) groups excluding carboxylic acids is 2. The summed E-state index contributed by atoms with van der Waals surface area (Å²) in [5.41, 5.74) is 0.491. The second-order valence-electron chi connectivity index (χ2n) is 6.24. The summed E-state index contributed by atoms with van der Waals surface area (Å²) in [7, 11) is 1.25. The van der Waals surface area contributed by atoms with Crippen LogP contribution in [0.25, 0.3) is 0 Å². The minimum atomic E-state index is -0.750. The third kappa shape index (κ3) is 9.33. The molecular formula is C18H24INO5. The van der Waals surface area contributed by atoms with Gasteiger partial charge in [-0.2, -0.15) is 0 Å². The summed E-state index contributed by atoms with van der Waals surface area (Å²) in [6.07, 6.45) is 1.07. The van der Waals surface area contributed by atoms with Crippen molar-refractivity contribution in [1.82, 2.24) is 5.32 Å². The fraction of sp³-hybridized carbons (Fsp3) is 0.444. The second kappa shape index (κ2) is 10.3. The van der Waals surface area contributed by atoms with Crippen LogP contribution in [0.5, 0.6) is 0 Å². The molecule has 0 aromatic heterocycles. The molecule has 0 aliphatic carbocycles. The molecule has 0 unspecified atom stereocenters. The zero-order valence-corrected chi connectivity index (χ0v) is 17.0. The first kappa shape index (κ1) is 21.3. The Kier molecular flexibility index (Phi) is 8.74. The van der Waals surface area contributed by atoms with E-state index < -0.39 is 17.8 Å². The van der Waals surface area contributed by atoms with Gasteiger partial charge >= 0.3 is 12.2 Å². The lowest BCUT2D eigenvalue weighted by molar-refractivity contribution is 0.0513. The van der Waals surface area contributed by atoms with Crippen LogP contribution >= 0.6 is 22.6 Å². The van der Waals surface area contributed by atoms with Crippen molar-refractivity contribution in [3.8, 4) is 0 Å². The molecule has 0 radical (unpaired) electrons. The van der Waals surface area contributed by atoms with E-state index in [1.54, 1.807) is 6.08 Å². The van der Waals surface area contributed by atoms with E-state index in [0.717, 1.165) is 9.14 Å². The standard InChI is InChI=1S/C18H24INO5/c1-18(2,3)25-16(21)20-15(12-13-8-6-5-7-9-13)14(19)10-11-24-17(22)23-4/h5-10,15H,11-12H2,1-4H3,(H,20,21)/b14-10-/t15-/m0/s1. The lowest BCUT2D eigenvalue weighted by atomic mass is 10.1. The third-order valence-corrected chi connectivity index (χ3v) is 4.14. The monoisotopic (exact) mass is 461 g/mol. The van der Waals surface area contributed by atoms with Crippen LogP contribution in [0.3, 0.4) is 0 Å². The van der Waals surface area contributed by atoms with E-state index in [4.69, 9.17) is 9.47 Å². The molecule has 7 heteroatoms.